The average molecular weight is 287 g/mol. The fourth-order valence-corrected chi connectivity index (χ4v) is 2.21. The van der Waals surface area contributed by atoms with Gasteiger partial charge >= 0.3 is 0 Å². The summed E-state index contributed by atoms with van der Waals surface area (Å²) in [6.07, 6.45) is 0. The minimum atomic E-state index is 0.0176. The van der Waals surface area contributed by atoms with Gasteiger partial charge < -0.3 is 19.9 Å². The smallest absolute Gasteiger partial charge is 0.127 e. The zero-order valence-corrected chi connectivity index (χ0v) is 12.6. The molecule has 0 aliphatic rings. The van der Waals surface area contributed by atoms with Crippen molar-refractivity contribution in [3.63, 3.8) is 0 Å². The average Bonchev–Trinajstić information content (AvgIpc) is 2.53. The highest BCUT2D eigenvalue weighted by molar-refractivity contribution is 5.53. The van der Waals surface area contributed by atoms with Crippen LogP contribution in [0.3, 0.4) is 0 Å². The Balaban J connectivity index is 2.16. The summed E-state index contributed by atoms with van der Waals surface area (Å²) in [7, 11) is 3.27. The summed E-state index contributed by atoms with van der Waals surface area (Å²) in [5, 5.41) is 12.8. The second kappa shape index (κ2) is 6.99. The van der Waals surface area contributed by atoms with Crippen molar-refractivity contribution < 1.29 is 14.6 Å². The lowest BCUT2D eigenvalue weighted by atomic mass is 10.1. The summed E-state index contributed by atoms with van der Waals surface area (Å²) in [6.45, 7) is 2.64. The van der Waals surface area contributed by atoms with Crippen LogP contribution >= 0.6 is 0 Å². The van der Waals surface area contributed by atoms with E-state index in [0.717, 1.165) is 33.9 Å². The number of ether oxygens (including phenoxy) is 2. The van der Waals surface area contributed by atoms with E-state index in [1.54, 1.807) is 14.2 Å². The first-order chi connectivity index (χ1) is 10.2. The first-order valence-corrected chi connectivity index (χ1v) is 6.83. The number of hydrogen-bond acceptors (Lipinski definition) is 4. The summed E-state index contributed by atoms with van der Waals surface area (Å²) in [4.78, 5) is 0. The standard InChI is InChI=1S/C17H21NO3/c1-12-4-7-16(14(8-12)11-19)18-10-13-5-6-15(20-2)9-17(13)21-3/h4-9,18-19H,10-11H2,1-3H3. The van der Waals surface area contributed by atoms with Gasteiger partial charge in [-0.2, -0.15) is 0 Å². The van der Waals surface area contributed by atoms with Gasteiger partial charge in [-0.15, -0.1) is 0 Å². The van der Waals surface area contributed by atoms with E-state index in [1.807, 2.05) is 43.3 Å². The molecule has 0 saturated carbocycles. The van der Waals surface area contributed by atoms with E-state index in [9.17, 15) is 5.11 Å². The van der Waals surface area contributed by atoms with Crippen LogP contribution in [0.1, 0.15) is 16.7 Å². The number of benzene rings is 2. The van der Waals surface area contributed by atoms with Crippen molar-refractivity contribution in [2.75, 3.05) is 19.5 Å². The Kier molecular flexibility index (Phi) is 5.06. The summed E-state index contributed by atoms with van der Waals surface area (Å²) in [5.74, 6) is 1.54. The Bertz CT molecular complexity index is 611. The van der Waals surface area contributed by atoms with Crippen LogP contribution in [-0.4, -0.2) is 19.3 Å². The van der Waals surface area contributed by atoms with Crippen molar-refractivity contribution in [3.05, 3.63) is 53.1 Å². The summed E-state index contributed by atoms with van der Waals surface area (Å²) in [5.41, 5.74) is 3.98. The van der Waals surface area contributed by atoms with Crippen molar-refractivity contribution in [1.29, 1.82) is 0 Å². The van der Waals surface area contributed by atoms with Gasteiger partial charge in [0, 0.05) is 29.4 Å². The van der Waals surface area contributed by atoms with Crippen molar-refractivity contribution in [1.82, 2.24) is 0 Å². The molecule has 0 atom stereocenters. The lowest BCUT2D eigenvalue weighted by Gasteiger charge is -2.14. The Morgan fingerprint density at radius 2 is 1.81 bits per heavy atom. The molecule has 0 spiro atoms. The fourth-order valence-electron chi connectivity index (χ4n) is 2.21. The van der Waals surface area contributed by atoms with Gasteiger partial charge in [0.05, 0.1) is 20.8 Å². The molecule has 0 amide bonds. The number of rotatable bonds is 6. The molecular formula is C17H21NO3. The molecule has 4 nitrogen and oxygen atoms in total. The zero-order valence-electron chi connectivity index (χ0n) is 12.6. The number of anilines is 1. The third-order valence-corrected chi connectivity index (χ3v) is 3.39. The molecule has 0 unspecified atom stereocenters. The second-order valence-electron chi connectivity index (χ2n) is 4.85. The predicted octanol–water partition coefficient (Wildman–Crippen LogP) is 3.12. The first-order valence-electron chi connectivity index (χ1n) is 6.83. The first kappa shape index (κ1) is 15.2. The lowest BCUT2D eigenvalue weighted by Crippen LogP contribution is -2.04. The van der Waals surface area contributed by atoms with Crippen LogP contribution in [0.15, 0.2) is 36.4 Å². The molecule has 4 heteroatoms. The molecule has 0 aliphatic carbocycles. The van der Waals surface area contributed by atoms with Crippen LogP contribution in [0, 0.1) is 6.92 Å². The third-order valence-electron chi connectivity index (χ3n) is 3.39. The molecule has 0 aliphatic heterocycles. The zero-order chi connectivity index (χ0) is 15.2. The van der Waals surface area contributed by atoms with Gasteiger partial charge in [-0.05, 0) is 25.1 Å². The Hall–Kier alpha value is -2.20. The van der Waals surface area contributed by atoms with E-state index in [0.29, 0.717) is 6.54 Å². The monoisotopic (exact) mass is 287 g/mol. The number of hydrogen-bond donors (Lipinski definition) is 2. The summed E-state index contributed by atoms with van der Waals surface area (Å²) < 4.78 is 10.6. The minimum Gasteiger partial charge on any atom is -0.497 e. The quantitative estimate of drug-likeness (QED) is 0.857. The van der Waals surface area contributed by atoms with Gasteiger partial charge in [0.25, 0.3) is 0 Å². The highest BCUT2D eigenvalue weighted by atomic mass is 16.5. The molecule has 2 rings (SSSR count). The maximum absolute atomic E-state index is 9.43. The molecule has 0 aromatic heterocycles. The molecule has 2 aromatic carbocycles. The van der Waals surface area contributed by atoms with E-state index in [1.165, 1.54) is 0 Å². The van der Waals surface area contributed by atoms with E-state index in [-0.39, 0.29) is 6.61 Å². The molecule has 21 heavy (non-hydrogen) atoms. The molecule has 0 saturated heterocycles. The van der Waals surface area contributed by atoms with E-state index in [4.69, 9.17) is 9.47 Å². The van der Waals surface area contributed by atoms with E-state index in [2.05, 4.69) is 5.32 Å². The molecule has 112 valence electrons. The predicted molar refractivity (Wildman–Crippen MR) is 84.0 cm³/mol. The van der Waals surface area contributed by atoms with Crippen molar-refractivity contribution in [2.24, 2.45) is 0 Å². The Morgan fingerprint density at radius 1 is 1.00 bits per heavy atom. The van der Waals surface area contributed by atoms with Crippen molar-refractivity contribution >= 4 is 5.69 Å². The molecule has 0 radical (unpaired) electrons. The van der Waals surface area contributed by atoms with Crippen LogP contribution in [-0.2, 0) is 13.2 Å². The number of aliphatic hydroxyl groups excluding tert-OH is 1. The second-order valence-corrected chi connectivity index (χ2v) is 4.85. The summed E-state index contributed by atoms with van der Waals surface area (Å²) >= 11 is 0. The van der Waals surface area contributed by atoms with Gasteiger partial charge in [-0.1, -0.05) is 17.7 Å². The summed E-state index contributed by atoms with van der Waals surface area (Å²) in [6, 6.07) is 11.7. The van der Waals surface area contributed by atoms with Crippen LogP contribution in [0.5, 0.6) is 11.5 Å². The van der Waals surface area contributed by atoms with Crippen LogP contribution in [0.4, 0.5) is 5.69 Å². The molecule has 2 aromatic rings. The largest absolute Gasteiger partial charge is 0.497 e. The molecular weight excluding hydrogens is 266 g/mol. The van der Waals surface area contributed by atoms with Crippen LogP contribution in [0.2, 0.25) is 0 Å². The van der Waals surface area contributed by atoms with Crippen LogP contribution in [0.25, 0.3) is 0 Å². The van der Waals surface area contributed by atoms with Gasteiger partial charge in [-0.25, -0.2) is 0 Å². The Morgan fingerprint density at radius 3 is 2.48 bits per heavy atom. The van der Waals surface area contributed by atoms with Crippen LogP contribution < -0.4 is 14.8 Å². The molecule has 0 bridgehead atoms. The fraction of sp³-hybridized carbons (Fsp3) is 0.294. The number of nitrogens with one attached hydrogen (secondary N) is 1. The number of aliphatic hydroxyl groups is 1. The molecule has 2 N–H and O–H groups in total. The van der Waals surface area contributed by atoms with Gasteiger partial charge in [-0.3, -0.25) is 0 Å². The van der Waals surface area contributed by atoms with Gasteiger partial charge in [0.1, 0.15) is 11.5 Å². The SMILES string of the molecule is COc1ccc(CNc2ccc(C)cc2CO)c(OC)c1. The van der Waals surface area contributed by atoms with Gasteiger partial charge in [0.2, 0.25) is 0 Å². The normalized spacial score (nSPS) is 10.3. The highest BCUT2D eigenvalue weighted by Crippen LogP contribution is 2.26. The maximum atomic E-state index is 9.43. The number of aryl methyl sites for hydroxylation is 1. The third kappa shape index (κ3) is 3.67. The van der Waals surface area contributed by atoms with Crippen molar-refractivity contribution in [2.45, 2.75) is 20.1 Å². The topological polar surface area (TPSA) is 50.7 Å². The van der Waals surface area contributed by atoms with E-state index < -0.39 is 0 Å². The maximum Gasteiger partial charge on any atom is 0.127 e. The molecule has 0 fully saturated rings. The molecule has 0 heterocycles. The Labute approximate surface area is 125 Å². The number of methoxy groups -OCH3 is 2. The van der Waals surface area contributed by atoms with E-state index >= 15 is 0 Å². The van der Waals surface area contributed by atoms with Crippen molar-refractivity contribution in [3.8, 4) is 11.5 Å². The highest BCUT2D eigenvalue weighted by Gasteiger charge is 2.07. The van der Waals surface area contributed by atoms with Gasteiger partial charge in [0.15, 0.2) is 0 Å². The lowest BCUT2D eigenvalue weighted by molar-refractivity contribution is 0.282. The minimum absolute atomic E-state index is 0.0176.